The lowest BCUT2D eigenvalue weighted by atomic mass is 10.0. The minimum Gasteiger partial charge on any atom is -0.352 e. The number of halogens is 1. The summed E-state index contributed by atoms with van der Waals surface area (Å²) in [6, 6.07) is 17.6. The molecule has 1 saturated heterocycles. The monoisotopic (exact) mass is 355 g/mol. The number of carbonyl (C=O) groups excluding carboxylic acids is 1. The lowest BCUT2D eigenvalue weighted by Gasteiger charge is -2.11. The van der Waals surface area contributed by atoms with Crippen LogP contribution in [0.15, 0.2) is 48.5 Å². The lowest BCUT2D eigenvalue weighted by molar-refractivity contribution is 0.0952. The van der Waals surface area contributed by atoms with Crippen LogP contribution in [0.2, 0.25) is 0 Å². The zero-order valence-electron chi connectivity index (χ0n) is 14.0. The second-order valence-electron chi connectivity index (χ2n) is 6.11. The maximum Gasteiger partial charge on any atom is 0.251 e. The highest BCUT2D eigenvalue weighted by Crippen LogP contribution is 2.21. The Morgan fingerprint density at radius 2 is 2.00 bits per heavy atom. The number of nitrogens with zero attached hydrogens (tertiary/aromatic N) is 1. The van der Waals surface area contributed by atoms with Crippen LogP contribution < -0.4 is 10.6 Å². The van der Waals surface area contributed by atoms with E-state index in [4.69, 9.17) is 5.26 Å². The van der Waals surface area contributed by atoms with Crippen molar-refractivity contribution < 1.29 is 4.79 Å². The van der Waals surface area contributed by atoms with Crippen LogP contribution in [-0.2, 0) is 0 Å². The summed E-state index contributed by atoms with van der Waals surface area (Å²) in [5.41, 5.74) is 3.27. The van der Waals surface area contributed by atoms with Gasteiger partial charge in [-0.2, -0.15) is 5.26 Å². The van der Waals surface area contributed by atoms with E-state index in [2.05, 4.69) is 16.7 Å². The first kappa shape index (κ1) is 19.0. The molecule has 1 aliphatic heterocycles. The van der Waals surface area contributed by atoms with Gasteiger partial charge >= 0.3 is 0 Å². The molecular formula is C20H22ClN3O. The van der Waals surface area contributed by atoms with E-state index in [1.807, 2.05) is 36.4 Å². The molecule has 0 radical (unpaired) electrons. The van der Waals surface area contributed by atoms with Gasteiger partial charge in [0.25, 0.3) is 5.91 Å². The lowest BCUT2D eigenvalue weighted by Crippen LogP contribution is -2.30. The maximum atomic E-state index is 12.3. The van der Waals surface area contributed by atoms with Gasteiger partial charge in [0.2, 0.25) is 0 Å². The smallest absolute Gasteiger partial charge is 0.251 e. The minimum atomic E-state index is -0.0384. The van der Waals surface area contributed by atoms with E-state index >= 15 is 0 Å². The molecule has 4 nitrogen and oxygen atoms in total. The molecule has 1 aliphatic rings. The summed E-state index contributed by atoms with van der Waals surface area (Å²) in [4.78, 5) is 12.3. The fourth-order valence-corrected chi connectivity index (χ4v) is 3.04. The van der Waals surface area contributed by atoms with Gasteiger partial charge in [-0.15, -0.1) is 12.4 Å². The average Bonchev–Trinajstić information content (AvgIpc) is 3.15. The molecule has 3 rings (SSSR count). The predicted octanol–water partition coefficient (Wildman–Crippen LogP) is 3.52. The van der Waals surface area contributed by atoms with Crippen molar-refractivity contribution in [3.8, 4) is 17.2 Å². The van der Waals surface area contributed by atoms with Crippen LogP contribution in [0.1, 0.15) is 35.2 Å². The highest BCUT2D eigenvalue weighted by atomic mass is 35.5. The summed E-state index contributed by atoms with van der Waals surface area (Å²) >= 11 is 0. The number of amides is 1. The summed E-state index contributed by atoms with van der Waals surface area (Å²) in [5, 5.41) is 15.3. The molecule has 2 aromatic rings. The van der Waals surface area contributed by atoms with E-state index < -0.39 is 0 Å². The number of hydrogen-bond acceptors (Lipinski definition) is 3. The number of nitriles is 1. The van der Waals surface area contributed by atoms with Gasteiger partial charge in [0, 0.05) is 18.2 Å². The fraction of sp³-hybridized carbons (Fsp3) is 0.300. The average molecular weight is 356 g/mol. The van der Waals surface area contributed by atoms with Gasteiger partial charge in [-0.1, -0.05) is 24.3 Å². The minimum absolute atomic E-state index is 0. The van der Waals surface area contributed by atoms with Crippen molar-refractivity contribution in [1.82, 2.24) is 10.6 Å². The van der Waals surface area contributed by atoms with Crippen LogP contribution in [0.3, 0.4) is 0 Å². The second kappa shape index (κ2) is 9.22. The molecule has 1 atom stereocenters. The molecule has 130 valence electrons. The van der Waals surface area contributed by atoms with Crippen molar-refractivity contribution in [3.63, 3.8) is 0 Å². The zero-order valence-corrected chi connectivity index (χ0v) is 14.8. The Morgan fingerprint density at radius 1 is 1.20 bits per heavy atom. The Balaban J connectivity index is 0.00000225. The van der Waals surface area contributed by atoms with Crippen molar-refractivity contribution in [2.45, 2.75) is 25.3 Å². The number of carbonyl (C=O) groups is 1. The van der Waals surface area contributed by atoms with Gasteiger partial charge in [-0.05, 0) is 61.2 Å². The van der Waals surface area contributed by atoms with Crippen molar-refractivity contribution in [1.29, 1.82) is 5.26 Å². The van der Waals surface area contributed by atoms with Gasteiger partial charge in [0.05, 0.1) is 11.6 Å². The van der Waals surface area contributed by atoms with Crippen LogP contribution in [-0.4, -0.2) is 25.0 Å². The maximum absolute atomic E-state index is 12.3. The highest BCUT2D eigenvalue weighted by molar-refractivity contribution is 5.95. The Kier molecular flexibility index (Phi) is 7.00. The molecule has 25 heavy (non-hydrogen) atoms. The summed E-state index contributed by atoms with van der Waals surface area (Å²) in [6.45, 7) is 1.78. The van der Waals surface area contributed by atoms with E-state index in [9.17, 15) is 4.79 Å². The van der Waals surface area contributed by atoms with Crippen molar-refractivity contribution in [2.75, 3.05) is 13.1 Å². The third-order valence-electron chi connectivity index (χ3n) is 4.41. The summed E-state index contributed by atoms with van der Waals surface area (Å²) in [6.07, 6.45) is 3.40. The number of nitrogens with one attached hydrogen (secondary N) is 2. The largest absolute Gasteiger partial charge is 0.352 e. The van der Waals surface area contributed by atoms with Crippen LogP contribution >= 0.6 is 12.4 Å². The number of hydrogen-bond donors (Lipinski definition) is 2. The molecule has 1 heterocycles. The second-order valence-corrected chi connectivity index (χ2v) is 6.11. The zero-order chi connectivity index (χ0) is 16.8. The molecule has 0 aromatic heterocycles. The predicted molar refractivity (Wildman–Crippen MR) is 102 cm³/mol. The molecule has 0 saturated carbocycles. The van der Waals surface area contributed by atoms with Crippen molar-refractivity contribution in [3.05, 3.63) is 59.7 Å². The van der Waals surface area contributed by atoms with E-state index in [1.165, 1.54) is 12.8 Å². The Morgan fingerprint density at radius 3 is 2.68 bits per heavy atom. The first-order chi connectivity index (χ1) is 11.8. The van der Waals surface area contributed by atoms with Gasteiger partial charge in [-0.3, -0.25) is 4.79 Å². The van der Waals surface area contributed by atoms with E-state index in [0.717, 1.165) is 24.1 Å². The molecular weight excluding hydrogens is 334 g/mol. The number of rotatable bonds is 5. The molecule has 1 fully saturated rings. The van der Waals surface area contributed by atoms with E-state index in [-0.39, 0.29) is 18.3 Å². The summed E-state index contributed by atoms with van der Waals surface area (Å²) in [5.74, 6) is -0.0384. The quantitative estimate of drug-likeness (QED) is 0.862. The van der Waals surface area contributed by atoms with Crippen LogP contribution in [0.4, 0.5) is 0 Å². The first-order valence-corrected chi connectivity index (χ1v) is 8.38. The highest BCUT2D eigenvalue weighted by Gasteiger charge is 2.14. The molecule has 0 bridgehead atoms. The van der Waals surface area contributed by atoms with Gasteiger partial charge in [0.15, 0.2) is 0 Å². The molecule has 0 spiro atoms. The van der Waals surface area contributed by atoms with Gasteiger partial charge in [0.1, 0.15) is 0 Å². The summed E-state index contributed by atoms with van der Waals surface area (Å²) in [7, 11) is 0. The fourth-order valence-electron chi connectivity index (χ4n) is 3.04. The molecule has 2 aromatic carbocycles. The molecule has 2 N–H and O–H groups in total. The molecule has 1 amide bonds. The van der Waals surface area contributed by atoms with Crippen LogP contribution in [0.25, 0.3) is 11.1 Å². The molecule has 0 unspecified atom stereocenters. The molecule has 0 aliphatic carbocycles. The van der Waals surface area contributed by atoms with E-state index in [1.54, 1.807) is 12.1 Å². The van der Waals surface area contributed by atoms with Crippen LogP contribution in [0.5, 0.6) is 0 Å². The third kappa shape index (κ3) is 5.06. The Labute approximate surface area is 154 Å². The standard InChI is InChI=1S/C20H21N3O.ClH/c21-14-15-6-8-16(9-7-15)17-3-1-4-18(13-17)20(24)23-12-10-19-5-2-11-22-19;/h1,3-4,6-9,13,19,22H,2,5,10-12H2,(H,23,24);1H/t19-;/m1./s1. The normalized spacial score (nSPS) is 15.9. The Hall–Kier alpha value is -2.35. The Bertz CT molecular complexity index is 746. The van der Waals surface area contributed by atoms with Gasteiger partial charge in [-0.25, -0.2) is 0 Å². The van der Waals surface area contributed by atoms with Crippen LogP contribution in [0, 0.1) is 11.3 Å². The molecule has 5 heteroatoms. The van der Waals surface area contributed by atoms with E-state index in [0.29, 0.717) is 23.7 Å². The first-order valence-electron chi connectivity index (χ1n) is 8.38. The van der Waals surface area contributed by atoms with Crippen molar-refractivity contribution in [2.24, 2.45) is 0 Å². The SMILES string of the molecule is Cl.N#Cc1ccc(-c2cccc(C(=O)NCC[C@H]3CCCN3)c2)cc1. The number of benzene rings is 2. The topological polar surface area (TPSA) is 64.9 Å². The van der Waals surface area contributed by atoms with Gasteiger partial charge < -0.3 is 10.6 Å². The third-order valence-corrected chi connectivity index (χ3v) is 4.41. The summed E-state index contributed by atoms with van der Waals surface area (Å²) < 4.78 is 0. The van der Waals surface area contributed by atoms with Crippen molar-refractivity contribution >= 4 is 18.3 Å².